The van der Waals surface area contributed by atoms with Crippen LogP contribution in [0.25, 0.3) is 0 Å². The van der Waals surface area contributed by atoms with Gasteiger partial charge in [-0.25, -0.2) is 0 Å². The van der Waals surface area contributed by atoms with E-state index >= 15 is 0 Å². The van der Waals surface area contributed by atoms with E-state index in [1.807, 2.05) is 20.8 Å². The van der Waals surface area contributed by atoms with Crippen LogP contribution in [0.4, 0.5) is 5.69 Å². The lowest BCUT2D eigenvalue weighted by Gasteiger charge is -2.11. The summed E-state index contributed by atoms with van der Waals surface area (Å²) in [6.07, 6.45) is 0.423. The van der Waals surface area contributed by atoms with Gasteiger partial charge in [0.1, 0.15) is 5.75 Å². The van der Waals surface area contributed by atoms with Gasteiger partial charge in [-0.15, -0.1) is 0 Å². The highest BCUT2D eigenvalue weighted by Gasteiger charge is 2.10. The third kappa shape index (κ3) is 7.46. The van der Waals surface area contributed by atoms with Gasteiger partial charge in [0.25, 0.3) is 11.8 Å². The van der Waals surface area contributed by atoms with Gasteiger partial charge in [-0.3, -0.25) is 25.2 Å². The third-order valence-corrected chi connectivity index (χ3v) is 4.07. The Morgan fingerprint density at radius 2 is 1.69 bits per heavy atom. The van der Waals surface area contributed by atoms with Gasteiger partial charge in [0.15, 0.2) is 6.61 Å². The largest absolute Gasteiger partial charge is 0.483 e. The van der Waals surface area contributed by atoms with Crippen molar-refractivity contribution in [1.82, 2.24) is 10.9 Å². The minimum absolute atomic E-state index is 0.0830. The Balaban J connectivity index is 1.79. The van der Waals surface area contributed by atoms with E-state index in [1.54, 1.807) is 42.5 Å². The van der Waals surface area contributed by atoms with E-state index in [0.29, 0.717) is 28.4 Å². The molecular formula is C21H24ClN3O4. The predicted molar refractivity (Wildman–Crippen MR) is 112 cm³/mol. The van der Waals surface area contributed by atoms with Crippen molar-refractivity contribution in [3.05, 3.63) is 58.6 Å². The Labute approximate surface area is 174 Å². The first-order valence-electron chi connectivity index (χ1n) is 9.12. The number of hydrogen-bond donors (Lipinski definition) is 3. The number of amides is 3. The van der Waals surface area contributed by atoms with E-state index in [0.717, 1.165) is 5.56 Å². The van der Waals surface area contributed by atoms with Crippen molar-refractivity contribution in [2.75, 3.05) is 11.9 Å². The van der Waals surface area contributed by atoms with Crippen LogP contribution in [-0.2, 0) is 9.59 Å². The van der Waals surface area contributed by atoms with Gasteiger partial charge in [0.2, 0.25) is 5.91 Å². The minimum Gasteiger partial charge on any atom is -0.483 e. The van der Waals surface area contributed by atoms with Gasteiger partial charge in [-0.1, -0.05) is 25.4 Å². The van der Waals surface area contributed by atoms with Crippen molar-refractivity contribution in [1.29, 1.82) is 0 Å². The van der Waals surface area contributed by atoms with Crippen molar-refractivity contribution in [2.24, 2.45) is 5.92 Å². The van der Waals surface area contributed by atoms with E-state index < -0.39 is 11.8 Å². The summed E-state index contributed by atoms with van der Waals surface area (Å²) in [4.78, 5) is 35.8. The first-order chi connectivity index (χ1) is 13.7. The van der Waals surface area contributed by atoms with Crippen molar-refractivity contribution in [3.8, 4) is 5.75 Å². The van der Waals surface area contributed by atoms with Crippen molar-refractivity contribution >= 4 is 35.0 Å². The molecule has 0 spiro atoms. The molecule has 0 saturated carbocycles. The van der Waals surface area contributed by atoms with Gasteiger partial charge in [0, 0.05) is 22.7 Å². The molecule has 0 aromatic heterocycles. The molecule has 0 radical (unpaired) electrons. The van der Waals surface area contributed by atoms with E-state index in [-0.39, 0.29) is 18.4 Å². The summed E-state index contributed by atoms with van der Waals surface area (Å²) in [7, 11) is 0. The Morgan fingerprint density at radius 3 is 2.31 bits per heavy atom. The maximum absolute atomic E-state index is 12.1. The highest BCUT2D eigenvalue weighted by Crippen LogP contribution is 2.21. The third-order valence-electron chi connectivity index (χ3n) is 3.84. The predicted octanol–water partition coefficient (Wildman–Crippen LogP) is 3.47. The highest BCUT2D eigenvalue weighted by molar-refractivity contribution is 6.30. The first-order valence-corrected chi connectivity index (χ1v) is 9.50. The molecule has 0 aliphatic rings. The molecule has 0 fully saturated rings. The van der Waals surface area contributed by atoms with E-state index in [4.69, 9.17) is 16.3 Å². The van der Waals surface area contributed by atoms with Crippen molar-refractivity contribution in [2.45, 2.75) is 27.2 Å². The monoisotopic (exact) mass is 417 g/mol. The van der Waals surface area contributed by atoms with Crippen LogP contribution in [0.3, 0.4) is 0 Å². The summed E-state index contributed by atoms with van der Waals surface area (Å²) in [5.41, 5.74) is 6.34. The van der Waals surface area contributed by atoms with Gasteiger partial charge in [-0.2, -0.15) is 0 Å². The molecule has 0 atom stereocenters. The maximum Gasteiger partial charge on any atom is 0.276 e. The van der Waals surface area contributed by atoms with Crippen LogP contribution in [0.2, 0.25) is 5.02 Å². The zero-order chi connectivity index (χ0) is 21.4. The summed E-state index contributed by atoms with van der Waals surface area (Å²) in [5, 5.41) is 3.35. The van der Waals surface area contributed by atoms with Crippen molar-refractivity contribution < 1.29 is 19.1 Å². The van der Waals surface area contributed by atoms with Crippen LogP contribution in [0.5, 0.6) is 5.75 Å². The summed E-state index contributed by atoms with van der Waals surface area (Å²) < 4.78 is 5.41. The number of hydrazine groups is 1. The van der Waals surface area contributed by atoms with E-state index in [9.17, 15) is 14.4 Å². The molecule has 0 heterocycles. The van der Waals surface area contributed by atoms with Crippen LogP contribution < -0.4 is 20.9 Å². The molecule has 0 saturated heterocycles. The standard InChI is InChI=1S/C21H24ClN3O4/c1-13(2)10-19(26)23-17-7-4-15(5-8-17)21(28)25-24-20(27)12-29-18-9-6-16(22)11-14(18)3/h4-9,11,13H,10,12H2,1-3H3,(H,23,26)(H,24,27)(H,25,28). The quantitative estimate of drug-likeness (QED) is 0.601. The second-order valence-corrected chi connectivity index (χ2v) is 7.36. The van der Waals surface area contributed by atoms with E-state index in [1.165, 1.54) is 0 Å². The SMILES string of the molecule is Cc1cc(Cl)ccc1OCC(=O)NNC(=O)c1ccc(NC(=O)CC(C)C)cc1. The highest BCUT2D eigenvalue weighted by atomic mass is 35.5. The van der Waals surface area contributed by atoms with E-state index in [2.05, 4.69) is 16.2 Å². The van der Waals surface area contributed by atoms with Crippen LogP contribution in [0, 0.1) is 12.8 Å². The molecule has 29 heavy (non-hydrogen) atoms. The Morgan fingerprint density at radius 1 is 1.00 bits per heavy atom. The number of aryl methyl sites for hydroxylation is 1. The molecule has 2 aromatic carbocycles. The number of carbonyl (C=O) groups is 3. The summed E-state index contributed by atoms with van der Waals surface area (Å²) in [5.74, 6) is -0.283. The number of carbonyl (C=O) groups excluding carboxylic acids is 3. The summed E-state index contributed by atoms with van der Waals surface area (Å²) >= 11 is 5.87. The molecule has 3 N–H and O–H groups in total. The molecule has 0 bridgehead atoms. The average molecular weight is 418 g/mol. The molecular weight excluding hydrogens is 394 g/mol. The number of halogens is 1. The number of anilines is 1. The second-order valence-electron chi connectivity index (χ2n) is 6.92. The lowest BCUT2D eigenvalue weighted by molar-refractivity contribution is -0.123. The molecule has 2 aromatic rings. The Hall–Kier alpha value is -3.06. The lowest BCUT2D eigenvalue weighted by Crippen LogP contribution is -2.43. The summed E-state index contributed by atoms with van der Waals surface area (Å²) in [6.45, 7) is 5.48. The maximum atomic E-state index is 12.1. The van der Waals surface area contributed by atoms with Crippen LogP contribution >= 0.6 is 11.6 Å². The van der Waals surface area contributed by atoms with Crippen LogP contribution in [0.15, 0.2) is 42.5 Å². The molecule has 2 rings (SSSR count). The topological polar surface area (TPSA) is 96.5 Å². The zero-order valence-electron chi connectivity index (χ0n) is 16.5. The number of benzene rings is 2. The Bertz CT molecular complexity index is 882. The molecule has 154 valence electrons. The smallest absolute Gasteiger partial charge is 0.276 e. The normalized spacial score (nSPS) is 10.4. The number of rotatable bonds is 7. The fraction of sp³-hybridized carbons (Fsp3) is 0.286. The van der Waals surface area contributed by atoms with Gasteiger partial charge >= 0.3 is 0 Å². The first kappa shape index (κ1) is 22.2. The van der Waals surface area contributed by atoms with Crippen molar-refractivity contribution in [3.63, 3.8) is 0 Å². The average Bonchev–Trinajstić information content (AvgIpc) is 2.65. The fourth-order valence-electron chi connectivity index (χ4n) is 2.44. The Kier molecular flexibility index (Phi) is 8.03. The van der Waals surface area contributed by atoms with Gasteiger partial charge in [0.05, 0.1) is 0 Å². The number of nitrogens with one attached hydrogen (secondary N) is 3. The van der Waals surface area contributed by atoms with Crippen LogP contribution in [-0.4, -0.2) is 24.3 Å². The molecule has 0 aliphatic heterocycles. The van der Waals surface area contributed by atoms with Crippen LogP contribution in [0.1, 0.15) is 36.2 Å². The summed E-state index contributed by atoms with van der Waals surface area (Å²) in [6, 6.07) is 11.4. The molecule has 0 aliphatic carbocycles. The second kappa shape index (κ2) is 10.5. The molecule has 0 unspecified atom stereocenters. The molecule has 7 nitrogen and oxygen atoms in total. The lowest BCUT2D eigenvalue weighted by atomic mass is 10.1. The number of hydrogen-bond acceptors (Lipinski definition) is 4. The molecule has 3 amide bonds. The van der Waals surface area contributed by atoms with Gasteiger partial charge < -0.3 is 10.1 Å². The minimum atomic E-state index is -0.509. The van der Waals surface area contributed by atoms with Gasteiger partial charge in [-0.05, 0) is 60.9 Å². The number of ether oxygens (including phenoxy) is 1. The molecule has 8 heteroatoms. The zero-order valence-corrected chi connectivity index (χ0v) is 17.3. The fourth-order valence-corrected chi connectivity index (χ4v) is 2.67.